The molecule has 0 unspecified atom stereocenters. The molecule has 1 N–H and O–H groups in total. The highest BCUT2D eigenvalue weighted by molar-refractivity contribution is 14.1. The van der Waals surface area contributed by atoms with E-state index in [4.69, 9.17) is 13.6 Å². The summed E-state index contributed by atoms with van der Waals surface area (Å²) in [6.45, 7) is 24.5. The van der Waals surface area contributed by atoms with Gasteiger partial charge in [0.05, 0.1) is 22.2 Å². The van der Waals surface area contributed by atoms with E-state index < -0.39 is 22.9 Å². The minimum absolute atomic E-state index is 0.109. The van der Waals surface area contributed by atoms with E-state index in [2.05, 4.69) is 90.3 Å². The number of ether oxygens (including phenoxy) is 1. The molecule has 0 bridgehead atoms. The zero-order chi connectivity index (χ0) is 20.0. The summed E-state index contributed by atoms with van der Waals surface area (Å²) in [5, 5.41) is 10.6. The predicted molar refractivity (Wildman–Crippen MR) is 119 cm³/mol. The van der Waals surface area contributed by atoms with Crippen LogP contribution in [0.1, 0.15) is 48.5 Å². The second-order valence-electron chi connectivity index (χ2n) is 10.4. The molecule has 0 aromatic heterocycles. The van der Waals surface area contributed by atoms with Crippen LogP contribution in [-0.2, 0) is 13.6 Å². The molecule has 1 heterocycles. The van der Waals surface area contributed by atoms with Crippen molar-refractivity contribution in [1.82, 2.24) is 0 Å². The van der Waals surface area contributed by atoms with Crippen LogP contribution in [0.2, 0.25) is 36.3 Å². The highest BCUT2D eigenvalue weighted by Crippen LogP contribution is 2.43. The first-order valence-electron chi connectivity index (χ1n) is 9.24. The first-order valence-corrected chi connectivity index (χ1v) is 16.3. The molecule has 4 nitrogen and oxygen atoms in total. The van der Waals surface area contributed by atoms with E-state index in [-0.39, 0.29) is 32.3 Å². The maximum atomic E-state index is 10.4. The van der Waals surface area contributed by atoms with Gasteiger partial charge in [0.15, 0.2) is 22.9 Å². The Morgan fingerprint density at radius 1 is 0.840 bits per heavy atom. The van der Waals surface area contributed by atoms with E-state index in [9.17, 15) is 5.11 Å². The minimum Gasteiger partial charge on any atom is -0.410 e. The molecule has 0 aliphatic carbocycles. The Morgan fingerprint density at radius 3 is 1.56 bits per heavy atom. The molecule has 150 valence electrons. The lowest BCUT2D eigenvalue weighted by Crippen LogP contribution is -2.63. The second kappa shape index (κ2) is 7.79. The van der Waals surface area contributed by atoms with Crippen LogP contribution in [0.15, 0.2) is 0 Å². The molecule has 0 radical (unpaired) electrons. The van der Waals surface area contributed by atoms with Gasteiger partial charge in [0.2, 0.25) is 0 Å². The largest absolute Gasteiger partial charge is 0.410 e. The predicted octanol–water partition coefficient (Wildman–Crippen LogP) is 5.31. The third-order valence-electron chi connectivity index (χ3n) is 6.20. The summed E-state index contributed by atoms with van der Waals surface area (Å²) in [6.07, 6.45) is -1.32. The summed E-state index contributed by atoms with van der Waals surface area (Å²) in [4.78, 5) is 0. The molecule has 5 atom stereocenters. The summed E-state index contributed by atoms with van der Waals surface area (Å²) in [7, 11) is -3.97. The van der Waals surface area contributed by atoms with Crippen LogP contribution in [-0.4, -0.2) is 50.3 Å². The molecule has 1 aliphatic heterocycles. The Labute approximate surface area is 170 Å². The molecule has 0 spiro atoms. The van der Waals surface area contributed by atoms with Gasteiger partial charge >= 0.3 is 0 Å². The zero-order valence-corrected chi connectivity index (χ0v) is 22.1. The Hall–Kier alpha value is 1.00. The summed E-state index contributed by atoms with van der Waals surface area (Å²) in [5.74, 6) is 0. The molecule has 0 aromatic carbocycles. The van der Waals surface area contributed by atoms with Gasteiger partial charge in [-0.15, -0.1) is 0 Å². The summed E-state index contributed by atoms with van der Waals surface area (Å²) >= 11 is 2.27. The van der Waals surface area contributed by atoms with Gasteiger partial charge in [-0.25, -0.2) is 0 Å². The van der Waals surface area contributed by atoms with E-state index >= 15 is 0 Å². The van der Waals surface area contributed by atoms with Gasteiger partial charge in [-0.3, -0.25) is 0 Å². The molecule has 1 aliphatic rings. The number of aliphatic hydroxyl groups is 1. The van der Waals surface area contributed by atoms with Crippen molar-refractivity contribution in [2.24, 2.45) is 0 Å². The van der Waals surface area contributed by atoms with E-state index in [1.54, 1.807) is 0 Å². The van der Waals surface area contributed by atoms with Gasteiger partial charge in [0, 0.05) is 0 Å². The second-order valence-corrected chi connectivity index (χ2v) is 21.3. The molecule has 0 aromatic rings. The van der Waals surface area contributed by atoms with E-state index in [1.165, 1.54) is 0 Å². The van der Waals surface area contributed by atoms with Gasteiger partial charge in [0.1, 0.15) is 0 Å². The van der Waals surface area contributed by atoms with Gasteiger partial charge in [-0.1, -0.05) is 64.1 Å². The van der Waals surface area contributed by atoms with Gasteiger partial charge in [-0.2, -0.15) is 0 Å². The number of rotatable bonds is 4. The normalized spacial score (nSPS) is 32.8. The molecule has 1 saturated heterocycles. The molecular weight excluding hydrogens is 463 g/mol. The monoisotopic (exact) mass is 502 g/mol. The van der Waals surface area contributed by atoms with Crippen LogP contribution in [0.3, 0.4) is 0 Å². The third-order valence-corrected chi connectivity index (χ3v) is 16.5. The van der Waals surface area contributed by atoms with Crippen LogP contribution >= 0.6 is 22.6 Å². The maximum absolute atomic E-state index is 10.4. The first-order chi connectivity index (χ1) is 10.9. The fourth-order valence-corrected chi connectivity index (χ4v) is 5.99. The van der Waals surface area contributed by atoms with Crippen molar-refractivity contribution >= 4 is 39.2 Å². The van der Waals surface area contributed by atoms with Gasteiger partial charge < -0.3 is 18.7 Å². The molecule has 1 fully saturated rings. The number of aliphatic hydroxyl groups excluding tert-OH is 1. The first kappa shape index (κ1) is 24.0. The van der Waals surface area contributed by atoms with Crippen LogP contribution in [0.25, 0.3) is 0 Å². The standard InChI is InChI=1S/C18H39IO4Si2/c1-12-14(22-24(8,9)17(2,3)4)15(13(19)16(20)21-12)23-25(10,11)18(5,6)7/h12-16,20H,1-11H3/t12-,13-,14+,15+,16-/m0/s1. The number of hydrogen-bond acceptors (Lipinski definition) is 4. The molecule has 0 saturated carbocycles. The van der Waals surface area contributed by atoms with Crippen molar-refractivity contribution < 1.29 is 18.7 Å². The SMILES string of the molecule is C[C@@H]1O[C@H](O)[C@@H](I)[C@@H](O[Si](C)(C)C(C)(C)C)[C@@H]1O[Si](C)(C)C(C)(C)C. The highest BCUT2D eigenvalue weighted by Gasteiger charge is 2.51. The average Bonchev–Trinajstić information content (AvgIpc) is 2.37. The summed E-state index contributed by atoms with van der Waals surface area (Å²) < 4.78 is 19.1. The Balaban J connectivity index is 3.17. The van der Waals surface area contributed by atoms with Crippen LogP contribution in [0.5, 0.6) is 0 Å². The van der Waals surface area contributed by atoms with Crippen LogP contribution < -0.4 is 0 Å². The van der Waals surface area contributed by atoms with Gasteiger partial charge in [-0.05, 0) is 43.2 Å². The zero-order valence-electron chi connectivity index (χ0n) is 17.9. The average molecular weight is 503 g/mol. The van der Waals surface area contributed by atoms with Crippen molar-refractivity contribution in [2.45, 2.75) is 113 Å². The minimum atomic E-state index is -1.99. The van der Waals surface area contributed by atoms with Crippen LogP contribution in [0.4, 0.5) is 0 Å². The summed E-state index contributed by atoms with van der Waals surface area (Å²) in [6, 6.07) is 0. The number of hydrogen-bond donors (Lipinski definition) is 1. The van der Waals surface area contributed by atoms with Gasteiger partial charge in [0.25, 0.3) is 0 Å². The van der Waals surface area contributed by atoms with Crippen molar-refractivity contribution in [2.75, 3.05) is 0 Å². The quantitative estimate of drug-likeness (QED) is 0.322. The molecule has 1 rings (SSSR count). The van der Waals surface area contributed by atoms with Crippen molar-refractivity contribution in [3.8, 4) is 0 Å². The highest BCUT2D eigenvalue weighted by atomic mass is 127. The Bertz CT molecular complexity index is 457. The van der Waals surface area contributed by atoms with Crippen molar-refractivity contribution in [3.63, 3.8) is 0 Å². The topological polar surface area (TPSA) is 47.9 Å². The Morgan fingerprint density at radius 2 is 1.20 bits per heavy atom. The molecule has 7 heteroatoms. The van der Waals surface area contributed by atoms with E-state index in [0.29, 0.717) is 0 Å². The lowest BCUT2D eigenvalue weighted by molar-refractivity contribution is -0.212. The molecule has 0 amide bonds. The fraction of sp³-hybridized carbons (Fsp3) is 1.00. The lowest BCUT2D eigenvalue weighted by atomic mass is 10.0. The van der Waals surface area contributed by atoms with E-state index in [1.807, 2.05) is 6.92 Å². The fourth-order valence-electron chi connectivity index (χ4n) is 2.31. The number of halogens is 1. The third kappa shape index (κ3) is 5.51. The van der Waals surface area contributed by atoms with E-state index in [0.717, 1.165) is 0 Å². The van der Waals surface area contributed by atoms with Crippen molar-refractivity contribution in [3.05, 3.63) is 0 Å². The van der Waals surface area contributed by atoms with Crippen molar-refractivity contribution in [1.29, 1.82) is 0 Å². The summed E-state index contributed by atoms with van der Waals surface area (Å²) in [5.41, 5.74) is 0. The van der Waals surface area contributed by atoms with Crippen LogP contribution in [0, 0.1) is 0 Å². The smallest absolute Gasteiger partial charge is 0.192 e. The molecular formula is C18H39IO4Si2. The molecule has 25 heavy (non-hydrogen) atoms. The maximum Gasteiger partial charge on any atom is 0.192 e. The Kier molecular flexibility index (Phi) is 7.49. The number of alkyl halides is 1. The lowest BCUT2D eigenvalue weighted by Gasteiger charge is -2.50.